The molecule has 5 heterocycles. The molecular formula is C19H23N7O. The van der Waals surface area contributed by atoms with Gasteiger partial charge in [0.2, 0.25) is 0 Å². The number of aryl methyl sites for hydroxylation is 1. The van der Waals surface area contributed by atoms with Gasteiger partial charge in [-0.1, -0.05) is 0 Å². The Bertz CT molecular complexity index is 951. The van der Waals surface area contributed by atoms with Gasteiger partial charge in [-0.15, -0.1) is 0 Å². The fourth-order valence-electron chi connectivity index (χ4n) is 4.25. The molecule has 1 N–H and O–H groups in total. The highest BCUT2D eigenvalue weighted by Gasteiger charge is 2.38. The summed E-state index contributed by atoms with van der Waals surface area (Å²) in [6.07, 6.45) is 7.38. The molecule has 2 aliphatic rings. The molecule has 27 heavy (non-hydrogen) atoms. The number of rotatable bonds is 3. The third-order valence-corrected chi connectivity index (χ3v) is 5.68. The molecule has 3 aromatic heterocycles. The Morgan fingerprint density at radius 1 is 1.07 bits per heavy atom. The monoisotopic (exact) mass is 365 g/mol. The maximum Gasteiger partial charge on any atom is 0.164 e. The molecule has 0 aliphatic carbocycles. The first kappa shape index (κ1) is 16.6. The second kappa shape index (κ2) is 6.54. The predicted molar refractivity (Wildman–Crippen MR) is 102 cm³/mol. The predicted octanol–water partition coefficient (Wildman–Crippen LogP) is 1.07. The van der Waals surface area contributed by atoms with Crippen molar-refractivity contribution in [3.05, 3.63) is 30.7 Å². The van der Waals surface area contributed by atoms with E-state index in [0.717, 1.165) is 42.0 Å². The van der Waals surface area contributed by atoms with Gasteiger partial charge >= 0.3 is 0 Å². The van der Waals surface area contributed by atoms with Crippen LogP contribution in [0.25, 0.3) is 22.4 Å². The molecule has 0 aromatic carbocycles. The van der Waals surface area contributed by atoms with Gasteiger partial charge in [-0.2, -0.15) is 5.10 Å². The molecule has 2 fully saturated rings. The molecule has 140 valence electrons. The van der Waals surface area contributed by atoms with Crippen LogP contribution < -0.4 is 4.90 Å². The minimum atomic E-state index is -0.367. The first-order chi connectivity index (χ1) is 13.2. The summed E-state index contributed by atoms with van der Waals surface area (Å²) in [5.74, 6) is 1.50. The van der Waals surface area contributed by atoms with Crippen LogP contribution in [0, 0.1) is 0 Å². The number of pyridine rings is 1. The molecule has 8 heteroatoms. The van der Waals surface area contributed by atoms with Crippen molar-refractivity contribution in [3.63, 3.8) is 0 Å². The minimum absolute atomic E-state index is 0.165. The van der Waals surface area contributed by atoms with E-state index in [0.29, 0.717) is 12.4 Å². The van der Waals surface area contributed by atoms with Gasteiger partial charge in [-0.25, -0.2) is 9.97 Å². The van der Waals surface area contributed by atoms with Crippen LogP contribution in [0.2, 0.25) is 0 Å². The average Bonchev–Trinajstić information content (AvgIpc) is 3.42. The van der Waals surface area contributed by atoms with Crippen LogP contribution in [0.15, 0.2) is 30.7 Å². The molecule has 0 unspecified atom stereocenters. The van der Waals surface area contributed by atoms with Crippen molar-refractivity contribution >= 4 is 16.9 Å². The quantitative estimate of drug-likeness (QED) is 0.743. The van der Waals surface area contributed by atoms with Crippen LogP contribution in [-0.4, -0.2) is 73.1 Å². The average molecular weight is 365 g/mol. The normalized spacial score (nSPS) is 23.6. The van der Waals surface area contributed by atoms with Gasteiger partial charge in [-0.3, -0.25) is 14.6 Å². The fraction of sp³-hybridized carbons (Fsp3) is 0.474. The smallest absolute Gasteiger partial charge is 0.164 e. The van der Waals surface area contributed by atoms with Crippen molar-refractivity contribution < 1.29 is 5.11 Å². The molecule has 5 rings (SSSR count). The number of aromatic nitrogens is 5. The van der Waals surface area contributed by atoms with E-state index < -0.39 is 0 Å². The molecule has 8 nitrogen and oxygen atoms in total. The highest BCUT2D eigenvalue weighted by molar-refractivity contribution is 5.88. The topological polar surface area (TPSA) is 83.2 Å². The van der Waals surface area contributed by atoms with Gasteiger partial charge in [-0.05, 0) is 38.1 Å². The van der Waals surface area contributed by atoms with Crippen molar-refractivity contribution in [1.82, 2.24) is 29.6 Å². The van der Waals surface area contributed by atoms with Gasteiger partial charge in [0.05, 0.1) is 23.7 Å². The van der Waals surface area contributed by atoms with Crippen LogP contribution in [-0.2, 0) is 7.05 Å². The Labute approximate surface area is 157 Å². The maximum atomic E-state index is 10.7. The second-order valence-electron chi connectivity index (χ2n) is 7.39. The van der Waals surface area contributed by atoms with Crippen molar-refractivity contribution in [3.8, 4) is 11.4 Å². The van der Waals surface area contributed by atoms with Crippen LogP contribution in [0.1, 0.15) is 12.8 Å². The standard InChI is InChI=1S/C19H23N7O/c1-24-18-14(10-21-24)19(23-17(22-18)13-4-6-20-7-5-13)26-11-15(16(27)12-26)25-8-2-3-9-25/h4-7,10,15-16,27H,2-3,8-9,11-12H2,1H3/t15-,16-/m0/s1. The highest BCUT2D eigenvalue weighted by Crippen LogP contribution is 2.31. The zero-order valence-corrected chi connectivity index (χ0v) is 15.4. The Hall–Kier alpha value is -2.58. The van der Waals surface area contributed by atoms with E-state index in [4.69, 9.17) is 9.97 Å². The lowest BCUT2D eigenvalue weighted by molar-refractivity contribution is 0.0986. The number of β-amino-alcohol motifs (C(OH)–C–C–N with tert-alkyl or cyclic N) is 1. The number of anilines is 1. The lowest BCUT2D eigenvalue weighted by Crippen LogP contribution is -2.41. The summed E-state index contributed by atoms with van der Waals surface area (Å²) in [4.78, 5) is 18.3. The molecule has 0 bridgehead atoms. The summed E-state index contributed by atoms with van der Waals surface area (Å²) >= 11 is 0. The van der Waals surface area contributed by atoms with Crippen molar-refractivity contribution in [2.45, 2.75) is 25.0 Å². The van der Waals surface area contributed by atoms with E-state index in [1.807, 2.05) is 25.4 Å². The molecule has 0 radical (unpaired) electrons. The van der Waals surface area contributed by atoms with Gasteiger partial charge in [0.15, 0.2) is 11.5 Å². The van der Waals surface area contributed by atoms with Gasteiger partial charge in [0.1, 0.15) is 5.82 Å². The van der Waals surface area contributed by atoms with Crippen molar-refractivity contribution in [2.24, 2.45) is 7.05 Å². The van der Waals surface area contributed by atoms with Gasteiger partial charge in [0, 0.05) is 38.1 Å². The van der Waals surface area contributed by atoms with E-state index in [9.17, 15) is 5.11 Å². The second-order valence-corrected chi connectivity index (χ2v) is 7.39. The zero-order valence-electron chi connectivity index (χ0n) is 15.4. The summed E-state index contributed by atoms with van der Waals surface area (Å²) in [6, 6.07) is 3.99. The van der Waals surface area contributed by atoms with E-state index >= 15 is 0 Å². The zero-order chi connectivity index (χ0) is 18.4. The number of aliphatic hydroxyl groups excluding tert-OH is 1. The Morgan fingerprint density at radius 2 is 1.85 bits per heavy atom. The highest BCUT2D eigenvalue weighted by atomic mass is 16.3. The Kier molecular flexibility index (Phi) is 4.02. The third-order valence-electron chi connectivity index (χ3n) is 5.68. The molecule has 2 aliphatic heterocycles. The fourth-order valence-corrected chi connectivity index (χ4v) is 4.25. The molecular weight excluding hydrogens is 342 g/mol. The Morgan fingerprint density at radius 3 is 2.63 bits per heavy atom. The van der Waals surface area contributed by atoms with E-state index in [2.05, 4.69) is 19.9 Å². The summed E-state index contributed by atoms with van der Waals surface area (Å²) in [6.45, 7) is 3.50. The molecule has 0 amide bonds. The van der Waals surface area contributed by atoms with Crippen LogP contribution in [0.5, 0.6) is 0 Å². The van der Waals surface area contributed by atoms with Gasteiger partial charge in [0.25, 0.3) is 0 Å². The number of nitrogens with zero attached hydrogens (tertiary/aromatic N) is 7. The van der Waals surface area contributed by atoms with Crippen LogP contribution in [0.4, 0.5) is 5.82 Å². The van der Waals surface area contributed by atoms with Crippen LogP contribution >= 0.6 is 0 Å². The number of likely N-dealkylation sites (tertiary alicyclic amines) is 1. The number of hydrogen-bond donors (Lipinski definition) is 1. The van der Waals surface area contributed by atoms with Crippen molar-refractivity contribution in [2.75, 3.05) is 31.1 Å². The van der Waals surface area contributed by atoms with E-state index in [1.165, 1.54) is 12.8 Å². The maximum absolute atomic E-state index is 10.7. The molecule has 0 saturated carbocycles. The molecule has 2 atom stereocenters. The summed E-state index contributed by atoms with van der Waals surface area (Å²) in [7, 11) is 1.89. The number of fused-ring (bicyclic) bond motifs is 1. The van der Waals surface area contributed by atoms with E-state index in [-0.39, 0.29) is 12.1 Å². The van der Waals surface area contributed by atoms with Gasteiger partial charge < -0.3 is 10.0 Å². The lowest BCUT2D eigenvalue weighted by Gasteiger charge is -2.25. The SMILES string of the molecule is Cn1ncc2c(N3C[C@H](O)[C@@H](N4CCCC4)C3)nc(-c3ccncc3)nc21. The first-order valence-electron chi connectivity index (χ1n) is 9.48. The summed E-state index contributed by atoms with van der Waals surface area (Å²) < 4.78 is 1.77. The van der Waals surface area contributed by atoms with Crippen molar-refractivity contribution in [1.29, 1.82) is 0 Å². The molecule has 2 saturated heterocycles. The summed E-state index contributed by atoms with van der Waals surface area (Å²) in [5, 5.41) is 16.0. The minimum Gasteiger partial charge on any atom is -0.390 e. The number of aliphatic hydroxyl groups is 1. The lowest BCUT2D eigenvalue weighted by atomic mass is 10.2. The molecule has 3 aromatic rings. The van der Waals surface area contributed by atoms with Crippen LogP contribution in [0.3, 0.4) is 0 Å². The Balaban J connectivity index is 1.56. The first-order valence-corrected chi connectivity index (χ1v) is 9.48. The molecule has 0 spiro atoms. The van der Waals surface area contributed by atoms with E-state index in [1.54, 1.807) is 17.1 Å². The largest absolute Gasteiger partial charge is 0.390 e. The number of hydrogen-bond acceptors (Lipinski definition) is 7. The third kappa shape index (κ3) is 2.85. The summed E-state index contributed by atoms with van der Waals surface area (Å²) in [5.41, 5.74) is 1.72.